The molecule has 7 nitrogen and oxygen atoms in total. The second-order valence-corrected chi connectivity index (χ2v) is 8.89. The Balaban J connectivity index is 1.70. The van der Waals surface area contributed by atoms with Crippen molar-refractivity contribution in [3.05, 3.63) is 29.5 Å². The van der Waals surface area contributed by atoms with Gasteiger partial charge < -0.3 is 4.42 Å². The SMILES string of the molecule is O=C(NO)C1(NS(=O)(=O)c2ccc3c4c(oc3c2)CCCC4)CCCC1. The van der Waals surface area contributed by atoms with E-state index in [-0.39, 0.29) is 4.90 Å². The van der Waals surface area contributed by atoms with Crippen molar-refractivity contribution in [1.82, 2.24) is 10.2 Å². The summed E-state index contributed by atoms with van der Waals surface area (Å²) in [6.07, 6.45) is 6.18. The summed E-state index contributed by atoms with van der Waals surface area (Å²) in [7, 11) is -3.93. The van der Waals surface area contributed by atoms with Gasteiger partial charge in [-0.15, -0.1) is 0 Å². The molecule has 1 heterocycles. The Morgan fingerprint density at radius 2 is 1.85 bits per heavy atom. The highest BCUT2D eigenvalue weighted by Crippen LogP contribution is 2.35. The Hall–Kier alpha value is -1.90. The van der Waals surface area contributed by atoms with Gasteiger partial charge in [0, 0.05) is 23.4 Å². The van der Waals surface area contributed by atoms with Gasteiger partial charge in [0.05, 0.1) is 4.90 Å². The first-order chi connectivity index (χ1) is 12.5. The van der Waals surface area contributed by atoms with Crippen molar-refractivity contribution < 1.29 is 22.8 Å². The van der Waals surface area contributed by atoms with Crippen molar-refractivity contribution in [2.45, 2.75) is 61.8 Å². The highest BCUT2D eigenvalue weighted by Gasteiger charge is 2.44. The van der Waals surface area contributed by atoms with Crippen LogP contribution in [0.5, 0.6) is 0 Å². The number of nitrogens with one attached hydrogen (secondary N) is 2. The number of sulfonamides is 1. The number of rotatable bonds is 4. The summed E-state index contributed by atoms with van der Waals surface area (Å²) in [6, 6.07) is 4.86. The quantitative estimate of drug-likeness (QED) is 0.559. The highest BCUT2D eigenvalue weighted by atomic mass is 32.2. The Labute approximate surface area is 151 Å². The maximum absolute atomic E-state index is 12.9. The number of benzene rings is 1. The van der Waals surface area contributed by atoms with Crippen LogP contribution in [0.4, 0.5) is 0 Å². The van der Waals surface area contributed by atoms with Crippen molar-refractivity contribution in [2.75, 3.05) is 0 Å². The molecule has 4 rings (SSSR count). The average molecular weight is 378 g/mol. The summed E-state index contributed by atoms with van der Waals surface area (Å²) in [5, 5.41) is 9.97. The molecule has 2 aromatic rings. The largest absolute Gasteiger partial charge is 0.461 e. The zero-order valence-electron chi connectivity index (χ0n) is 14.4. The third-order valence-electron chi connectivity index (χ3n) is 5.56. The van der Waals surface area contributed by atoms with Crippen LogP contribution in [-0.2, 0) is 27.7 Å². The molecule has 2 aliphatic rings. The average Bonchev–Trinajstić information content (AvgIpc) is 3.25. The lowest BCUT2D eigenvalue weighted by molar-refractivity contribution is -0.135. The van der Waals surface area contributed by atoms with Gasteiger partial charge in [0.15, 0.2) is 0 Å². The Bertz CT molecular complexity index is 957. The molecule has 1 aromatic heterocycles. The number of carbonyl (C=O) groups is 1. The van der Waals surface area contributed by atoms with Crippen LogP contribution >= 0.6 is 0 Å². The van der Waals surface area contributed by atoms with E-state index >= 15 is 0 Å². The number of amides is 1. The summed E-state index contributed by atoms with van der Waals surface area (Å²) in [4.78, 5) is 12.1. The summed E-state index contributed by atoms with van der Waals surface area (Å²) >= 11 is 0. The number of hydroxylamine groups is 1. The van der Waals surface area contributed by atoms with Crippen LogP contribution in [0.25, 0.3) is 11.0 Å². The van der Waals surface area contributed by atoms with Gasteiger partial charge in [0.25, 0.3) is 5.91 Å². The fourth-order valence-corrected chi connectivity index (χ4v) is 5.63. The number of carbonyl (C=O) groups excluding carboxylic acids is 1. The molecule has 140 valence electrons. The smallest absolute Gasteiger partial charge is 0.264 e. The zero-order valence-corrected chi connectivity index (χ0v) is 15.2. The van der Waals surface area contributed by atoms with E-state index < -0.39 is 21.5 Å². The van der Waals surface area contributed by atoms with Gasteiger partial charge in [-0.3, -0.25) is 10.0 Å². The lowest BCUT2D eigenvalue weighted by atomic mass is 9.96. The molecule has 0 saturated heterocycles. The number of aryl methyl sites for hydroxylation is 2. The van der Waals surface area contributed by atoms with Crippen molar-refractivity contribution in [3.8, 4) is 0 Å². The van der Waals surface area contributed by atoms with Gasteiger partial charge in [-0.05, 0) is 44.2 Å². The Kier molecular flexibility index (Phi) is 4.29. The van der Waals surface area contributed by atoms with Crippen LogP contribution in [0.3, 0.4) is 0 Å². The summed E-state index contributed by atoms with van der Waals surface area (Å²) in [5.41, 5.74) is 2.04. The van der Waals surface area contributed by atoms with Crippen LogP contribution in [0.2, 0.25) is 0 Å². The Morgan fingerprint density at radius 1 is 1.12 bits per heavy atom. The molecule has 0 spiro atoms. The molecule has 1 fully saturated rings. The third-order valence-corrected chi connectivity index (χ3v) is 7.10. The summed E-state index contributed by atoms with van der Waals surface area (Å²) in [6.45, 7) is 0. The number of hydrogen-bond acceptors (Lipinski definition) is 5. The van der Waals surface area contributed by atoms with E-state index in [0.717, 1.165) is 49.7 Å². The molecule has 8 heteroatoms. The minimum absolute atomic E-state index is 0.0631. The van der Waals surface area contributed by atoms with Crippen molar-refractivity contribution in [2.24, 2.45) is 0 Å². The van der Waals surface area contributed by atoms with Gasteiger partial charge in [-0.25, -0.2) is 13.9 Å². The first kappa shape index (κ1) is 17.5. The molecule has 0 aliphatic heterocycles. The van der Waals surface area contributed by atoms with Gasteiger partial charge in [-0.1, -0.05) is 12.8 Å². The van der Waals surface area contributed by atoms with Crippen LogP contribution in [0, 0.1) is 0 Å². The molecule has 3 N–H and O–H groups in total. The molecule has 1 aromatic carbocycles. The normalized spacial score (nSPS) is 19.4. The fraction of sp³-hybridized carbons (Fsp3) is 0.500. The van der Waals surface area contributed by atoms with Crippen LogP contribution in [0.15, 0.2) is 27.5 Å². The van der Waals surface area contributed by atoms with E-state index in [0.29, 0.717) is 18.4 Å². The molecule has 2 aliphatic carbocycles. The lowest BCUT2D eigenvalue weighted by Crippen LogP contribution is -2.56. The molecule has 1 saturated carbocycles. The third kappa shape index (κ3) is 2.82. The molecule has 1 amide bonds. The number of fused-ring (bicyclic) bond motifs is 3. The lowest BCUT2D eigenvalue weighted by Gasteiger charge is -2.27. The van der Waals surface area contributed by atoms with E-state index in [1.54, 1.807) is 17.6 Å². The standard InChI is InChI=1S/C18H22N2O5S/c21-17(19-22)18(9-3-4-10-18)20-26(23,24)12-7-8-14-13-5-1-2-6-15(13)25-16(14)11-12/h7-8,11,20,22H,1-6,9-10H2,(H,19,21). The van der Waals surface area contributed by atoms with E-state index in [2.05, 4.69) is 4.72 Å². The summed E-state index contributed by atoms with van der Waals surface area (Å²) < 4.78 is 34.2. The topological polar surface area (TPSA) is 109 Å². The second-order valence-electron chi connectivity index (χ2n) is 7.20. The fourth-order valence-electron chi connectivity index (χ4n) is 4.19. The van der Waals surface area contributed by atoms with Gasteiger partial charge in [0.2, 0.25) is 10.0 Å². The first-order valence-electron chi connectivity index (χ1n) is 8.98. The van der Waals surface area contributed by atoms with Gasteiger partial charge >= 0.3 is 0 Å². The van der Waals surface area contributed by atoms with E-state index in [1.807, 2.05) is 0 Å². The predicted molar refractivity (Wildman–Crippen MR) is 94.3 cm³/mol. The Morgan fingerprint density at radius 3 is 2.58 bits per heavy atom. The minimum atomic E-state index is -3.93. The van der Waals surface area contributed by atoms with Crippen molar-refractivity contribution in [1.29, 1.82) is 0 Å². The van der Waals surface area contributed by atoms with Gasteiger partial charge in [-0.2, -0.15) is 4.72 Å². The maximum Gasteiger partial charge on any atom is 0.264 e. The molecule has 0 radical (unpaired) electrons. The first-order valence-corrected chi connectivity index (χ1v) is 10.5. The highest BCUT2D eigenvalue weighted by molar-refractivity contribution is 7.89. The zero-order chi connectivity index (χ0) is 18.4. The van der Waals surface area contributed by atoms with Crippen molar-refractivity contribution in [3.63, 3.8) is 0 Å². The minimum Gasteiger partial charge on any atom is -0.461 e. The molecule has 0 bridgehead atoms. The van der Waals surface area contributed by atoms with Crippen molar-refractivity contribution >= 4 is 26.9 Å². The predicted octanol–water partition coefficient (Wildman–Crippen LogP) is 2.41. The molecule has 26 heavy (non-hydrogen) atoms. The monoisotopic (exact) mass is 378 g/mol. The summed E-state index contributed by atoms with van der Waals surface area (Å²) in [5.74, 6) is 0.230. The molecular formula is C18H22N2O5S. The van der Waals surface area contributed by atoms with E-state index in [9.17, 15) is 13.2 Å². The maximum atomic E-state index is 12.9. The molecular weight excluding hydrogens is 356 g/mol. The van der Waals surface area contributed by atoms with E-state index in [4.69, 9.17) is 9.62 Å². The van der Waals surface area contributed by atoms with Crippen LogP contribution in [-0.4, -0.2) is 25.1 Å². The molecule has 0 unspecified atom stereocenters. The molecule has 0 atom stereocenters. The van der Waals surface area contributed by atoms with E-state index in [1.165, 1.54) is 11.6 Å². The van der Waals surface area contributed by atoms with Crippen LogP contribution in [0.1, 0.15) is 49.8 Å². The number of furan rings is 1. The van der Waals surface area contributed by atoms with Gasteiger partial charge in [0.1, 0.15) is 16.9 Å². The number of hydrogen-bond donors (Lipinski definition) is 3. The second kappa shape index (κ2) is 6.37. The van der Waals surface area contributed by atoms with Crippen LogP contribution < -0.4 is 10.2 Å².